The van der Waals surface area contributed by atoms with Gasteiger partial charge in [-0.25, -0.2) is 8.42 Å². The topological polar surface area (TPSA) is 115 Å². The maximum Gasteiger partial charge on any atom is 0.243 e. The SMILES string of the molecule is COc1cccc(NC(=O)C2CCN(S(=O)(=O)c3cccc(-c4noc(C)n4)c3)CC2)c1. The third kappa shape index (κ3) is 4.66. The van der Waals surface area contributed by atoms with E-state index in [9.17, 15) is 13.2 Å². The molecule has 1 N–H and O–H groups in total. The first-order chi connectivity index (χ1) is 15.4. The van der Waals surface area contributed by atoms with Crippen LogP contribution in [0.5, 0.6) is 5.75 Å². The summed E-state index contributed by atoms with van der Waals surface area (Å²) in [4.78, 5) is 17.0. The number of nitrogens with one attached hydrogen (secondary N) is 1. The molecule has 4 rings (SSSR count). The summed E-state index contributed by atoms with van der Waals surface area (Å²) in [5.41, 5.74) is 1.22. The monoisotopic (exact) mass is 456 g/mol. The van der Waals surface area contributed by atoms with Gasteiger partial charge in [-0.15, -0.1) is 0 Å². The van der Waals surface area contributed by atoms with Crippen molar-refractivity contribution in [3.8, 4) is 17.1 Å². The molecular weight excluding hydrogens is 432 g/mol. The lowest BCUT2D eigenvalue weighted by Crippen LogP contribution is -2.41. The summed E-state index contributed by atoms with van der Waals surface area (Å²) in [6.07, 6.45) is 0.886. The third-order valence-corrected chi connectivity index (χ3v) is 7.31. The van der Waals surface area contributed by atoms with Gasteiger partial charge in [-0.3, -0.25) is 4.79 Å². The first-order valence-corrected chi connectivity index (χ1v) is 11.7. The number of anilines is 1. The first kappa shape index (κ1) is 22.0. The van der Waals surface area contributed by atoms with E-state index < -0.39 is 10.0 Å². The quantitative estimate of drug-likeness (QED) is 0.606. The zero-order valence-corrected chi connectivity index (χ0v) is 18.6. The average molecular weight is 457 g/mol. The highest BCUT2D eigenvalue weighted by Crippen LogP contribution is 2.27. The number of carbonyl (C=O) groups excluding carboxylic acids is 1. The molecule has 1 amide bonds. The minimum atomic E-state index is -3.70. The Balaban J connectivity index is 1.41. The predicted molar refractivity (Wildman–Crippen MR) is 118 cm³/mol. The average Bonchev–Trinajstić information content (AvgIpc) is 3.25. The summed E-state index contributed by atoms with van der Waals surface area (Å²) in [5.74, 6) is 1.02. The number of carbonyl (C=O) groups is 1. The standard InChI is InChI=1S/C22H24N4O5S/c1-15-23-21(25-31-15)17-5-3-8-20(13-17)32(28,29)26-11-9-16(10-12-26)22(27)24-18-6-4-7-19(14-18)30-2/h3-8,13-14,16H,9-12H2,1-2H3,(H,24,27). The predicted octanol–water partition coefficient (Wildman–Crippen LogP) is 3.09. The zero-order valence-electron chi connectivity index (χ0n) is 17.8. The van der Waals surface area contributed by atoms with Crippen LogP contribution < -0.4 is 10.1 Å². The molecule has 3 aromatic rings. The molecule has 0 radical (unpaired) electrons. The molecule has 10 heteroatoms. The van der Waals surface area contributed by atoms with Gasteiger partial charge >= 0.3 is 0 Å². The molecule has 168 valence electrons. The van der Waals surface area contributed by atoms with E-state index in [0.29, 0.717) is 41.6 Å². The Morgan fingerprint density at radius 3 is 2.59 bits per heavy atom. The molecule has 2 aromatic carbocycles. The van der Waals surface area contributed by atoms with Crippen LogP contribution in [0.1, 0.15) is 18.7 Å². The number of nitrogens with zero attached hydrogens (tertiary/aromatic N) is 3. The fraction of sp³-hybridized carbons (Fsp3) is 0.318. The second-order valence-electron chi connectivity index (χ2n) is 7.56. The first-order valence-electron chi connectivity index (χ1n) is 10.2. The Labute approximate surface area is 186 Å². The van der Waals surface area contributed by atoms with Crippen molar-refractivity contribution in [2.24, 2.45) is 5.92 Å². The van der Waals surface area contributed by atoms with Gasteiger partial charge in [-0.2, -0.15) is 9.29 Å². The molecule has 0 saturated carbocycles. The van der Waals surface area contributed by atoms with Crippen molar-refractivity contribution < 1.29 is 22.5 Å². The van der Waals surface area contributed by atoms with Crippen LogP contribution in [0.25, 0.3) is 11.4 Å². The number of rotatable bonds is 6. The maximum absolute atomic E-state index is 13.2. The van der Waals surface area contributed by atoms with Gasteiger partial charge in [-0.1, -0.05) is 23.4 Å². The van der Waals surface area contributed by atoms with E-state index in [2.05, 4.69) is 15.5 Å². The van der Waals surface area contributed by atoms with Gasteiger partial charge in [0.1, 0.15) is 5.75 Å². The van der Waals surface area contributed by atoms with E-state index in [1.807, 2.05) is 0 Å². The number of aryl methyl sites for hydroxylation is 1. The van der Waals surface area contributed by atoms with Crippen LogP contribution in [-0.2, 0) is 14.8 Å². The van der Waals surface area contributed by atoms with Gasteiger partial charge in [0.25, 0.3) is 0 Å². The fourth-order valence-electron chi connectivity index (χ4n) is 3.66. The van der Waals surface area contributed by atoms with Gasteiger partial charge in [-0.05, 0) is 37.1 Å². The molecule has 0 unspecified atom stereocenters. The molecule has 1 aliphatic rings. The minimum absolute atomic E-state index is 0.121. The number of benzene rings is 2. The number of sulfonamides is 1. The van der Waals surface area contributed by atoms with E-state index in [-0.39, 0.29) is 29.8 Å². The van der Waals surface area contributed by atoms with Gasteiger partial charge in [0, 0.05) is 43.2 Å². The molecule has 32 heavy (non-hydrogen) atoms. The second-order valence-corrected chi connectivity index (χ2v) is 9.50. The molecule has 1 aliphatic heterocycles. The summed E-state index contributed by atoms with van der Waals surface area (Å²) in [6.45, 7) is 2.21. The van der Waals surface area contributed by atoms with E-state index in [1.165, 1.54) is 4.31 Å². The molecule has 0 spiro atoms. The summed E-state index contributed by atoms with van der Waals surface area (Å²) >= 11 is 0. The molecule has 9 nitrogen and oxygen atoms in total. The Morgan fingerprint density at radius 1 is 1.16 bits per heavy atom. The van der Waals surface area contributed by atoms with Crippen LogP contribution in [0.15, 0.2) is 57.9 Å². The Hall–Kier alpha value is -3.24. The number of piperidine rings is 1. The van der Waals surface area contributed by atoms with E-state index >= 15 is 0 Å². The fourth-order valence-corrected chi connectivity index (χ4v) is 5.18. The summed E-state index contributed by atoms with van der Waals surface area (Å²) in [7, 11) is -2.14. The van der Waals surface area contributed by atoms with Gasteiger partial charge in [0.2, 0.25) is 27.6 Å². The minimum Gasteiger partial charge on any atom is -0.497 e. The van der Waals surface area contributed by atoms with E-state index in [0.717, 1.165) is 0 Å². The van der Waals surface area contributed by atoms with Crippen molar-refractivity contribution in [3.05, 3.63) is 54.4 Å². The molecule has 1 fully saturated rings. The highest BCUT2D eigenvalue weighted by molar-refractivity contribution is 7.89. The molecular formula is C22H24N4O5S. The van der Waals surface area contributed by atoms with Crippen LogP contribution in [-0.4, -0.2) is 49.0 Å². The summed E-state index contributed by atoms with van der Waals surface area (Å²) in [5, 5.41) is 6.74. The summed E-state index contributed by atoms with van der Waals surface area (Å²) < 4.78 is 37.9. The second kappa shape index (κ2) is 9.09. The third-order valence-electron chi connectivity index (χ3n) is 5.42. The van der Waals surface area contributed by atoms with Crippen molar-refractivity contribution in [1.29, 1.82) is 0 Å². The number of amides is 1. The van der Waals surface area contributed by atoms with Crippen LogP contribution in [0.4, 0.5) is 5.69 Å². The lowest BCUT2D eigenvalue weighted by atomic mass is 9.97. The molecule has 0 aliphatic carbocycles. The number of hydrogen-bond donors (Lipinski definition) is 1. The zero-order chi connectivity index (χ0) is 22.7. The van der Waals surface area contributed by atoms with Crippen molar-refractivity contribution >= 4 is 21.6 Å². The number of methoxy groups -OCH3 is 1. The normalized spacial score (nSPS) is 15.4. The van der Waals surface area contributed by atoms with Crippen molar-refractivity contribution in [1.82, 2.24) is 14.4 Å². The molecule has 0 bridgehead atoms. The largest absolute Gasteiger partial charge is 0.497 e. The van der Waals surface area contributed by atoms with Gasteiger partial charge in [0.15, 0.2) is 0 Å². The Kier molecular flexibility index (Phi) is 6.24. The molecule has 2 heterocycles. The number of aromatic nitrogens is 2. The van der Waals surface area contributed by atoms with Crippen molar-refractivity contribution in [2.45, 2.75) is 24.7 Å². The number of ether oxygens (including phenoxy) is 1. The smallest absolute Gasteiger partial charge is 0.243 e. The molecule has 1 aromatic heterocycles. The molecule has 0 atom stereocenters. The van der Waals surface area contributed by atoms with Crippen LogP contribution >= 0.6 is 0 Å². The van der Waals surface area contributed by atoms with Gasteiger partial charge in [0.05, 0.1) is 12.0 Å². The lowest BCUT2D eigenvalue weighted by molar-refractivity contribution is -0.120. The van der Waals surface area contributed by atoms with Crippen LogP contribution in [0.3, 0.4) is 0 Å². The van der Waals surface area contributed by atoms with E-state index in [1.54, 1.807) is 62.6 Å². The Bertz CT molecular complexity index is 1220. The maximum atomic E-state index is 13.2. The van der Waals surface area contributed by atoms with Crippen molar-refractivity contribution in [3.63, 3.8) is 0 Å². The summed E-state index contributed by atoms with van der Waals surface area (Å²) in [6, 6.07) is 13.6. The van der Waals surface area contributed by atoms with Crippen molar-refractivity contribution in [2.75, 3.05) is 25.5 Å². The lowest BCUT2D eigenvalue weighted by Gasteiger charge is -2.30. The highest BCUT2D eigenvalue weighted by atomic mass is 32.2. The van der Waals surface area contributed by atoms with Gasteiger partial charge < -0.3 is 14.6 Å². The highest BCUT2D eigenvalue weighted by Gasteiger charge is 2.32. The Morgan fingerprint density at radius 2 is 1.91 bits per heavy atom. The number of hydrogen-bond acceptors (Lipinski definition) is 7. The van der Waals surface area contributed by atoms with E-state index in [4.69, 9.17) is 9.26 Å². The van der Waals surface area contributed by atoms with Crippen LogP contribution in [0.2, 0.25) is 0 Å². The molecule has 1 saturated heterocycles. The van der Waals surface area contributed by atoms with Crippen LogP contribution in [0, 0.1) is 12.8 Å².